The first-order valence-corrected chi connectivity index (χ1v) is 8.07. The zero-order valence-electron chi connectivity index (χ0n) is 12.7. The van der Waals surface area contributed by atoms with Crippen molar-refractivity contribution in [3.63, 3.8) is 0 Å². The third-order valence-corrected chi connectivity index (χ3v) is 3.83. The van der Waals surface area contributed by atoms with Crippen LogP contribution in [0.2, 0.25) is 5.02 Å². The second kappa shape index (κ2) is 6.32. The van der Waals surface area contributed by atoms with Crippen molar-refractivity contribution in [1.82, 2.24) is 9.97 Å². The molecule has 3 nitrogen and oxygen atoms in total. The number of anilines is 1. The highest BCUT2D eigenvalue weighted by atomic mass is 79.9. The van der Waals surface area contributed by atoms with Crippen molar-refractivity contribution in [2.24, 2.45) is 0 Å². The Morgan fingerprint density at radius 1 is 1.19 bits per heavy atom. The number of benzene rings is 1. The molecule has 5 heteroatoms. The summed E-state index contributed by atoms with van der Waals surface area (Å²) in [4.78, 5) is 9.27. The Balaban J connectivity index is 2.59. The predicted molar refractivity (Wildman–Crippen MR) is 93.0 cm³/mol. The summed E-state index contributed by atoms with van der Waals surface area (Å²) >= 11 is 9.75. The molecular formula is C16H19BrClN3. The minimum Gasteiger partial charge on any atom is -0.370 e. The summed E-state index contributed by atoms with van der Waals surface area (Å²) in [6.07, 6.45) is 0. The van der Waals surface area contributed by atoms with E-state index in [2.05, 4.69) is 47.0 Å². The lowest BCUT2D eigenvalue weighted by molar-refractivity contribution is 0.568. The van der Waals surface area contributed by atoms with E-state index in [0.29, 0.717) is 10.8 Å². The average molecular weight is 369 g/mol. The van der Waals surface area contributed by atoms with Crippen LogP contribution in [0.3, 0.4) is 0 Å². The maximum atomic E-state index is 6.33. The van der Waals surface area contributed by atoms with Crippen molar-refractivity contribution >= 4 is 33.3 Å². The summed E-state index contributed by atoms with van der Waals surface area (Å²) in [5.41, 5.74) is 1.77. The number of nitrogens with zero attached hydrogens (tertiary/aromatic N) is 2. The first-order valence-electron chi connectivity index (χ1n) is 6.90. The molecule has 112 valence electrons. The molecule has 0 spiro atoms. The third-order valence-electron chi connectivity index (χ3n) is 3.02. The van der Waals surface area contributed by atoms with Crippen LogP contribution < -0.4 is 5.32 Å². The summed E-state index contributed by atoms with van der Waals surface area (Å²) in [6, 6.07) is 7.74. The molecule has 0 amide bonds. The standard InChI is InChI=1S/C16H19BrClN3/c1-5-19-14-9-13(16(2,3)4)20-15(21-14)11-7-6-10(17)8-12(11)18/h6-9H,5H2,1-4H3,(H,19,20,21). The maximum Gasteiger partial charge on any atom is 0.163 e. The van der Waals surface area contributed by atoms with E-state index < -0.39 is 0 Å². The van der Waals surface area contributed by atoms with Gasteiger partial charge in [0.25, 0.3) is 0 Å². The molecule has 0 saturated carbocycles. The van der Waals surface area contributed by atoms with Gasteiger partial charge in [0.2, 0.25) is 0 Å². The van der Waals surface area contributed by atoms with Gasteiger partial charge in [-0.25, -0.2) is 9.97 Å². The quantitative estimate of drug-likeness (QED) is 0.800. The Labute approximate surface area is 139 Å². The lowest BCUT2D eigenvalue weighted by Gasteiger charge is -2.20. The van der Waals surface area contributed by atoms with E-state index in [0.717, 1.165) is 28.1 Å². The normalized spacial score (nSPS) is 11.5. The fourth-order valence-electron chi connectivity index (χ4n) is 1.89. The van der Waals surface area contributed by atoms with Gasteiger partial charge in [0.05, 0.1) is 10.7 Å². The van der Waals surface area contributed by atoms with Gasteiger partial charge in [0.1, 0.15) is 5.82 Å². The molecule has 0 radical (unpaired) electrons. The topological polar surface area (TPSA) is 37.8 Å². The van der Waals surface area contributed by atoms with Gasteiger partial charge in [0.15, 0.2) is 5.82 Å². The van der Waals surface area contributed by atoms with Crippen LogP contribution in [0.5, 0.6) is 0 Å². The van der Waals surface area contributed by atoms with Gasteiger partial charge >= 0.3 is 0 Å². The average Bonchev–Trinajstić information content (AvgIpc) is 2.37. The molecule has 1 heterocycles. The van der Waals surface area contributed by atoms with E-state index in [-0.39, 0.29) is 5.41 Å². The molecule has 2 rings (SSSR count). The highest BCUT2D eigenvalue weighted by Gasteiger charge is 2.19. The summed E-state index contributed by atoms with van der Waals surface area (Å²) in [5, 5.41) is 3.89. The van der Waals surface area contributed by atoms with E-state index in [1.807, 2.05) is 31.2 Å². The van der Waals surface area contributed by atoms with Gasteiger partial charge < -0.3 is 5.32 Å². The summed E-state index contributed by atoms with van der Waals surface area (Å²) in [6.45, 7) is 9.27. The third kappa shape index (κ3) is 3.95. The summed E-state index contributed by atoms with van der Waals surface area (Å²) in [5.74, 6) is 1.47. The second-order valence-electron chi connectivity index (χ2n) is 5.87. The zero-order valence-corrected chi connectivity index (χ0v) is 15.0. The van der Waals surface area contributed by atoms with E-state index >= 15 is 0 Å². The van der Waals surface area contributed by atoms with E-state index in [9.17, 15) is 0 Å². The number of hydrogen-bond acceptors (Lipinski definition) is 3. The molecule has 0 aliphatic carbocycles. The molecule has 0 aliphatic rings. The number of nitrogens with one attached hydrogen (secondary N) is 1. The van der Waals surface area contributed by atoms with Crippen LogP contribution in [0.1, 0.15) is 33.4 Å². The SMILES string of the molecule is CCNc1cc(C(C)(C)C)nc(-c2ccc(Br)cc2Cl)n1. The molecule has 21 heavy (non-hydrogen) atoms. The van der Waals surface area contributed by atoms with Crippen LogP contribution in [0.4, 0.5) is 5.82 Å². The predicted octanol–water partition coefficient (Wildman–Crippen LogP) is 5.29. The van der Waals surface area contributed by atoms with Crippen molar-refractivity contribution in [2.45, 2.75) is 33.1 Å². The fraction of sp³-hybridized carbons (Fsp3) is 0.375. The molecule has 0 bridgehead atoms. The Bertz CT molecular complexity index is 650. The largest absolute Gasteiger partial charge is 0.370 e. The number of hydrogen-bond donors (Lipinski definition) is 1. The molecule has 0 saturated heterocycles. The molecule has 1 aromatic heterocycles. The molecule has 0 aliphatic heterocycles. The maximum absolute atomic E-state index is 6.33. The Hall–Kier alpha value is -1.13. The Morgan fingerprint density at radius 2 is 1.90 bits per heavy atom. The second-order valence-corrected chi connectivity index (χ2v) is 7.19. The van der Waals surface area contributed by atoms with Gasteiger partial charge in [-0.3, -0.25) is 0 Å². The van der Waals surface area contributed by atoms with Crippen LogP contribution in [0.25, 0.3) is 11.4 Å². The monoisotopic (exact) mass is 367 g/mol. The molecule has 0 atom stereocenters. The smallest absolute Gasteiger partial charge is 0.163 e. The van der Waals surface area contributed by atoms with Crippen molar-refractivity contribution < 1.29 is 0 Å². The molecule has 0 fully saturated rings. The van der Waals surface area contributed by atoms with Crippen molar-refractivity contribution in [3.05, 3.63) is 39.5 Å². The first-order chi connectivity index (χ1) is 9.81. The fourth-order valence-corrected chi connectivity index (χ4v) is 2.65. The molecule has 0 unspecified atom stereocenters. The Morgan fingerprint density at radius 3 is 2.48 bits per heavy atom. The van der Waals surface area contributed by atoms with Gasteiger partial charge in [-0.1, -0.05) is 48.3 Å². The van der Waals surface area contributed by atoms with E-state index in [4.69, 9.17) is 16.6 Å². The van der Waals surface area contributed by atoms with Gasteiger partial charge in [-0.05, 0) is 25.1 Å². The minimum atomic E-state index is -0.0519. The summed E-state index contributed by atoms with van der Waals surface area (Å²) < 4.78 is 0.940. The van der Waals surface area contributed by atoms with Gasteiger partial charge in [0, 0.05) is 28.1 Å². The minimum absolute atomic E-state index is 0.0519. The van der Waals surface area contributed by atoms with Crippen molar-refractivity contribution in [2.75, 3.05) is 11.9 Å². The number of rotatable bonds is 3. The lowest BCUT2D eigenvalue weighted by Crippen LogP contribution is -2.16. The molecule has 2 aromatic rings. The van der Waals surface area contributed by atoms with Crippen LogP contribution >= 0.6 is 27.5 Å². The number of aromatic nitrogens is 2. The van der Waals surface area contributed by atoms with Gasteiger partial charge in [-0.2, -0.15) is 0 Å². The van der Waals surface area contributed by atoms with Crippen LogP contribution in [0, 0.1) is 0 Å². The van der Waals surface area contributed by atoms with Crippen LogP contribution in [-0.2, 0) is 5.41 Å². The highest BCUT2D eigenvalue weighted by Crippen LogP contribution is 2.31. The van der Waals surface area contributed by atoms with Crippen LogP contribution in [0.15, 0.2) is 28.7 Å². The van der Waals surface area contributed by atoms with Crippen LogP contribution in [-0.4, -0.2) is 16.5 Å². The van der Waals surface area contributed by atoms with Crippen molar-refractivity contribution in [1.29, 1.82) is 0 Å². The highest BCUT2D eigenvalue weighted by molar-refractivity contribution is 9.10. The van der Waals surface area contributed by atoms with Crippen molar-refractivity contribution in [3.8, 4) is 11.4 Å². The zero-order chi connectivity index (χ0) is 15.6. The first kappa shape index (κ1) is 16.2. The summed E-state index contributed by atoms with van der Waals surface area (Å²) in [7, 11) is 0. The number of halogens is 2. The van der Waals surface area contributed by atoms with Gasteiger partial charge in [-0.15, -0.1) is 0 Å². The van der Waals surface area contributed by atoms with E-state index in [1.54, 1.807) is 0 Å². The molecule has 1 N–H and O–H groups in total. The van der Waals surface area contributed by atoms with E-state index in [1.165, 1.54) is 0 Å². The molecular weight excluding hydrogens is 350 g/mol. The Kier molecular flexibility index (Phi) is 4.89. The molecule has 1 aromatic carbocycles. The lowest BCUT2D eigenvalue weighted by atomic mass is 9.91.